The minimum atomic E-state index is -0.935. The molecule has 1 aromatic carbocycles. The van der Waals surface area contributed by atoms with Gasteiger partial charge in [-0.05, 0) is 62.4 Å². The van der Waals surface area contributed by atoms with Crippen molar-refractivity contribution in [2.75, 3.05) is 0 Å². The first-order valence-electron chi connectivity index (χ1n) is 7.43. The van der Waals surface area contributed by atoms with Gasteiger partial charge in [-0.3, -0.25) is 0 Å². The third-order valence-corrected chi connectivity index (χ3v) is 4.10. The highest BCUT2D eigenvalue weighted by Gasteiger charge is 2.06. The summed E-state index contributed by atoms with van der Waals surface area (Å²) in [6.07, 6.45) is 10.8. The van der Waals surface area contributed by atoms with Crippen LogP contribution >= 0.6 is 11.6 Å². The Morgan fingerprint density at radius 1 is 1.09 bits per heavy atom. The van der Waals surface area contributed by atoms with E-state index in [0.29, 0.717) is 5.57 Å². The molecule has 1 aromatic rings. The van der Waals surface area contributed by atoms with E-state index in [-0.39, 0.29) is 0 Å². The van der Waals surface area contributed by atoms with Crippen LogP contribution in [0.5, 0.6) is 0 Å². The Hall–Kier alpha value is -2.06. The first-order chi connectivity index (χ1) is 10.7. The summed E-state index contributed by atoms with van der Waals surface area (Å²) in [6.45, 7) is 9.87. The molecule has 23 heavy (non-hydrogen) atoms. The molecule has 122 valence electrons. The Kier molecular flexibility index (Phi) is 7.05. The first-order valence-corrected chi connectivity index (χ1v) is 7.80. The van der Waals surface area contributed by atoms with Crippen LogP contribution in [0.25, 0.3) is 6.08 Å². The first kappa shape index (κ1) is 19.0. The molecule has 0 unspecified atom stereocenters. The summed E-state index contributed by atoms with van der Waals surface area (Å²) in [7, 11) is 0. The standard InChI is InChI=1S/C20H23ClO2/c1-13(7-6-8-14(2)11-19(22)23)9-10-18-15(3)12-16(4)20(21)17(18)5/h6-12H,1-5H3,(H,22,23). The molecule has 1 rings (SSSR count). The number of carboxylic acids is 1. The molecule has 1 N–H and O–H groups in total. The lowest BCUT2D eigenvalue weighted by molar-refractivity contribution is -0.131. The Balaban J connectivity index is 2.94. The lowest BCUT2D eigenvalue weighted by Crippen LogP contribution is -1.91. The number of aryl methyl sites for hydroxylation is 2. The molecule has 0 bridgehead atoms. The summed E-state index contributed by atoms with van der Waals surface area (Å²) in [5.41, 5.74) is 6.28. The molecule has 0 fully saturated rings. The third kappa shape index (κ3) is 5.91. The highest BCUT2D eigenvalue weighted by atomic mass is 35.5. The third-order valence-electron chi connectivity index (χ3n) is 3.52. The molecule has 0 saturated heterocycles. The second kappa shape index (κ2) is 8.54. The molecule has 0 spiro atoms. The number of hydrogen-bond acceptors (Lipinski definition) is 1. The number of hydrogen-bond donors (Lipinski definition) is 1. The molecule has 2 nitrogen and oxygen atoms in total. The van der Waals surface area contributed by atoms with Crippen molar-refractivity contribution in [2.45, 2.75) is 34.6 Å². The molecule has 0 aromatic heterocycles. The minimum Gasteiger partial charge on any atom is -0.478 e. The molecule has 0 heterocycles. The minimum absolute atomic E-state index is 0.697. The summed E-state index contributed by atoms with van der Waals surface area (Å²) >= 11 is 6.32. The van der Waals surface area contributed by atoms with E-state index in [1.54, 1.807) is 13.0 Å². The maximum absolute atomic E-state index is 10.5. The Morgan fingerprint density at radius 2 is 1.74 bits per heavy atom. The summed E-state index contributed by atoms with van der Waals surface area (Å²) in [5.74, 6) is -0.935. The number of carbonyl (C=O) groups is 1. The van der Waals surface area contributed by atoms with E-state index in [2.05, 4.69) is 19.1 Å². The van der Waals surface area contributed by atoms with E-state index >= 15 is 0 Å². The average molecular weight is 331 g/mol. The SMILES string of the molecule is CC(C=Cc1c(C)cc(C)c(Cl)c1C)=CC=CC(C)=CC(=O)O. The lowest BCUT2D eigenvalue weighted by atomic mass is 9.98. The quantitative estimate of drug-likeness (QED) is 0.546. The largest absolute Gasteiger partial charge is 0.478 e. The maximum Gasteiger partial charge on any atom is 0.328 e. The van der Waals surface area contributed by atoms with Gasteiger partial charge in [0, 0.05) is 11.1 Å². The normalized spacial score (nSPS) is 13.3. The van der Waals surface area contributed by atoms with Crippen LogP contribution in [0.4, 0.5) is 0 Å². The molecule has 0 aliphatic carbocycles. The monoisotopic (exact) mass is 330 g/mol. The molecular weight excluding hydrogens is 308 g/mol. The van der Waals surface area contributed by atoms with Crippen molar-refractivity contribution < 1.29 is 9.90 Å². The predicted octanol–water partition coefficient (Wildman–Crippen LogP) is 5.81. The van der Waals surface area contributed by atoms with Gasteiger partial charge in [0.25, 0.3) is 0 Å². The average Bonchev–Trinajstić information content (AvgIpc) is 2.44. The van der Waals surface area contributed by atoms with Gasteiger partial charge >= 0.3 is 5.97 Å². The fourth-order valence-electron chi connectivity index (χ4n) is 2.30. The Labute approximate surface area is 143 Å². The highest BCUT2D eigenvalue weighted by molar-refractivity contribution is 6.32. The zero-order valence-corrected chi connectivity index (χ0v) is 15.0. The molecule has 0 aliphatic rings. The van der Waals surface area contributed by atoms with Crippen LogP contribution in [0.15, 0.2) is 47.6 Å². The van der Waals surface area contributed by atoms with Crippen LogP contribution in [-0.4, -0.2) is 11.1 Å². The molecule has 3 heteroatoms. The Bertz CT molecular complexity index is 720. The zero-order chi connectivity index (χ0) is 17.6. The lowest BCUT2D eigenvalue weighted by Gasteiger charge is -2.10. The summed E-state index contributed by atoms with van der Waals surface area (Å²) in [5, 5.41) is 9.46. The maximum atomic E-state index is 10.5. The molecule has 0 atom stereocenters. The van der Waals surface area contributed by atoms with Crippen LogP contribution < -0.4 is 0 Å². The summed E-state index contributed by atoms with van der Waals surface area (Å²) in [6, 6.07) is 2.09. The topological polar surface area (TPSA) is 37.3 Å². The number of carboxylic acid groups (broad SMARTS) is 1. The van der Waals surface area contributed by atoms with E-state index in [0.717, 1.165) is 27.3 Å². The van der Waals surface area contributed by atoms with Gasteiger partial charge in [0.2, 0.25) is 0 Å². The van der Waals surface area contributed by atoms with Gasteiger partial charge < -0.3 is 5.11 Å². The predicted molar refractivity (Wildman–Crippen MR) is 99.0 cm³/mol. The van der Waals surface area contributed by atoms with E-state index in [1.807, 2.05) is 39.0 Å². The van der Waals surface area contributed by atoms with E-state index < -0.39 is 5.97 Å². The molecular formula is C20H23ClO2. The number of allylic oxidation sites excluding steroid dienone is 6. The number of halogens is 1. The number of benzene rings is 1. The van der Waals surface area contributed by atoms with Crippen molar-refractivity contribution in [3.8, 4) is 0 Å². The van der Waals surface area contributed by atoms with E-state index in [4.69, 9.17) is 16.7 Å². The van der Waals surface area contributed by atoms with Gasteiger partial charge in [-0.2, -0.15) is 0 Å². The molecule has 0 radical (unpaired) electrons. The van der Waals surface area contributed by atoms with Crippen molar-refractivity contribution in [1.82, 2.24) is 0 Å². The fourth-order valence-corrected chi connectivity index (χ4v) is 2.45. The van der Waals surface area contributed by atoms with Gasteiger partial charge in [0.1, 0.15) is 0 Å². The Morgan fingerprint density at radius 3 is 2.35 bits per heavy atom. The van der Waals surface area contributed by atoms with Crippen LogP contribution in [0.2, 0.25) is 5.02 Å². The summed E-state index contributed by atoms with van der Waals surface area (Å²) in [4.78, 5) is 10.5. The van der Waals surface area contributed by atoms with Crippen LogP contribution in [-0.2, 0) is 4.79 Å². The molecule has 0 aliphatic heterocycles. The van der Waals surface area contributed by atoms with E-state index in [1.165, 1.54) is 11.6 Å². The number of rotatable bonds is 5. The van der Waals surface area contributed by atoms with Crippen molar-refractivity contribution in [3.05, 3.63) is 74.9 Å². The van der Waals surface area contributed by atoms with Gasteiger partial charge in [-0.25, -0.2) is 4.79 Å². The second-order valence-electron chi connectivity index (χ2n) is 5.69. The van der Waals surface area contributed by atoms with Crippen LogP contribution in [0.3, 0.4) is 0 Å². The smallest absolute Gasteiger partial charge is 0.328 e. The van der Waals surface area contributed by atoms with Crippen molar-refractivity contribution in [2.24, 2.45) is 0 Å². The van der Waals surface area contributed by atoms with Gasteiger partial charge in [0.15, 0.2) is 0 Å². The summed E-state index contributed by atoms with van der Waals surface area (Å²) < 4.78 is 0. The highest BCUT2D eigenvalue weighted by Crippen LogP contribution is 2.27. The van der Waals surface area contributed by atoms with Crippen LogP contribution in [0.1, 0.15) is 36.1 Å². The zero-order valence-electron chi connectivity index (χ0n) is 14.3. The number of aliphatic carboxylic acids is 1. The van der Waals surface area contributed by atoms with Gasteiger partial charge in [-0.1, -0.05) is 53.6 Å². The molecule has 0 amide bonds. The second-order valence-corrected chi connectivity index (χ2v) is 6.07. The van der Waals surface area contributed by atoms with Crippen LogP contribution in [0, 0.1) is 20.8 Å². The fraction of sp³-hybridized carbons (Fsp3) is 0.250. The van der Waals surface area contributed by atoms with Crippen molar-refractivity contribution in [1.29, 1.82) is 0 Å². The van der Waals surface area contributed by atoms with Crippen molar-refractivity contribution >= 4 is 23.6 Å². The van der Waals surface area contributed by atoms with E-state index in [9.17, 15) is 4.79 Å². The van der Waals surface area contributed by atoms with Gasteiger partial charge in [0.05, 0.1) is 0 Å². The van der Waals surface area contributed by atoms with Gasteiger partial charge in [-0.15, -0.1) is 0 Å². The molecule has 0 saturated carbocycles. The van der Waals surface area contributed by atoms with Crippen molar-refractivity contribution in [3.63, 3.8) is 0 Å².